The second-order valence-corrected chi connectivity index (χ2v) is 8.38. The van der Waals surface area contributed by atoms with Gasteiger partial charge in [-0.2, -0.15) is 4.98 Å². The van der Waals surface area contributed by atoms with Crippen LogP contribution in [0.3, 0.4) is 0 Å². The molecular formula is C27H26N2O4. The minimum absolute atomic E-state index is 0.216. The van der Waals surface area contributed by atoms with Gasteiger partial charge in [0.05, 0.1) is 30.4 Å². The highest BCUT2D eigenvalue weighted by molar-refractivity contribution is 5.93. The van der Waals surface area contributed by atoms with Crippen LogP contribution < -0.4 is 10.4 Å². The molecule has 1 aromatic heterocycles. The molecule has 168 valence electrons. The SMILES string of the molecule is COc1ccc2c(c1)c(-c1ccc(C(C)C)cc1)nc(=O)n2Cc1cccc(C(=O)O)c1C. The molecule has 0 radical (unpaired) electrons. The van der Waals surface area contributed by atoms with Crippen LogP contribution in [0.2, 0.25) is 0 Å². The number of fused-ring (bicyclic) bond motifs is 1. The van der Waals surface area contributed by atoms with Crippen molar-refractivity contribution in [1.82, 2.24) is 9.55 Å². The molecule has 4 aromatic rings. The molecule has 3 aromatic carbocycles. The van der Waals surface area contributed by atoms with Crippen LogP contribution >= 0.6 is 0 Å². The summed E-state index contributed by atoms with van der Waals surface area (Å²) in [4.78, 5) is 29.2. The van der Waals surface area contributed by atoms with Crippen LogP contribution in [0.5, 0.6) is 5.75 Å². The maximum atomic E-state index is 13.2. The Kier molecular flexibility index (Phi) is 6.01. The number of methoxy groups -OCH3 is 1. The summed E-state index contributed by atoms with van der Waals surface area (Å²) in [7, 11) is 1.60. The lowest BCUT2D eigenvalue weighted by atomic mass is 9.99. The summed E-state index contributed by atoms with van der Waals surface area (Å²) in [5.74, 6) is 0.0786. The first kappa shape index (κ1) is 22.3. The molecular weight excluding hydrogens is 416 g/mol. The van der Waals surface area contributed by atoms with E-state index in [9.17, 15) is 14.7 Å². The molecule has 0 bridgehead atoms. The lowest BCUT2D eigenvalue weighted by Crippen LogP contribution is -2.25. The number of aromatic carboxylic acids is 1. The summed E-state index contributed by atoms with van der Waals surface area (Å²) >= 11 is 0. The van der Waals surface area contributed by atoms with E-state index in [2.05, 4.69) is 31.0 Å². The van der Waals surface area contributed by atoms with E-state index in [-0.39, 0.29) is 12.1 Å². The molecule has 0 saturated carbocycles. The van der Waals surface area contributed by atoms with Gasteiger partial charge in [-0.1, -0.05) is 50.2 Å². The van der Waals surface area contributed by atoms with Crippen LogP contribution in [0.4, 0.5) is 0 Å². The Balaban J connectivity index is 1.91. The molecule has 6 nitrogen and oxygen atoms in total. The third-order valence-electron chi connectivity index (χ3n) is 6.04. The topological polar surface area (TPSA) is 81.4 Å². The van der Waals surface area contributed by atoms with Gasteiger partial charge in [0.1, 0.15) is 5.75 Å². The predicted octanol–water partition coefficient (Wildman–Crippen LogP) is 5.25. The minimum Gasteiger partial charge on any atom is -0.497 e. The molecule has 0 atom stereocenters. The van der Waals surface area contributed by atoms with E-state index in [1.165, 1.54) is 5.56 Å². The van der Waals surface area contributed by atoms with Gasteiger partial charge in [0.2, 0.25) is 0 Å². The Morgan fingerprint density at radius 1 is 1.09 bits per heavy atom. The van der Waals surface area contributed by atoms with Gasteiger partial charge in [-0.05, 0) is 53.8 Å². The van der Waals surface area contributed by atoms with Crippen LogP contribution in [0.1, 0.15) is 46.8 Å². The summed E-state index contributed by atoms with van der Waals surface area (Å²) in [5.41, 5.74) is 4.58. The molecule has 0 spiro atoms. The first-order valence-electron chi connectivity index (χ1n) is 10.8. The van der Waals surface area contributed by atoms with Gasteiger partial charge < -0.3 is 9.84 Å². The molecule has 6 heteroatoms. The Bertz CT molecular complexity index is 1400. The van der Waals surface area contributed by atoms with Crippen molar-refractivity contribution in [3.05, 3.63) is 93.4 Å². The number of aromatic nitrogens is 2. The number of carboxylic acid groups (broad SMARTS) is 1. The minimum atomic E-state index is -0.991. The Labute approximate surface area is 192 Å². The monoisotopic (exact) mass is 442 g/mol. The number of benzene rings is 3. The van der Waals surface area contributed by atoms with Gasteiger partial charge in [0.15, 0.2) is 0 Å². The molecule has 1 N–H and O–H groups in total. The number of carbonyl (C=O) groups is 1. The number of hydrogen-bond acceptors (Lipinski definition) is 4. The van der Waals surface area contributed by atoms with Crippen LogP contribution in [-0.4, -0.2) is 27.7 Å². The maximum absolute atomic E-state index is 13.2. The molecule has 0 fully saturated rings. The summed E-state index contributed by atoms with van der Waals surface area (Å²) in [6, 6.07) is 18.7. The highest BCUT2D eigenvalue weighted by atomic mass is 16.5. The van der Waals surface area contributed by atoms with Gasteiger partial charge >= 0.3 is 11.7 Å². The van der Waals surface area contributed by atoms with Crippen molar-refractivity contribution in [2.24, 2.45) is 0 Å². The molecule has 0 aliphatic heterocycles. The Hall–Kier alpha value is -3.93. The van der Waals surface area contributed by atoms with Crippen molar-refractivity contribution in [1.29, 1.82) is 0 Å². The number of hydrogen-bond donors (Lipinski definition) is 1. The van der Waals surface area contributed by atoms with Crippen molar-refractivity contribution in [2.75, 3.05) is 7.11 Å². The van der Waals surface area contributed by atoms with Crippen LogP contribution in [0.25, 0.3) is 22.2 Å². The third-order valence-corrected chi connectivity index (χ3v) is 6.04. The summed E-state index contributed by atoms with van der Waals surface area (Å²) < 4.78 is 7.01. The van der Waals surface area contributed by atoms with E-state index in [0.29, 0.717) is 28.4 Å². The molecule has 1 heterocycles. The zero-order valence-corrected chi connectivity index (χ0v) is 19.1. The van der Waals surface area contributed by atoms with Crippen molar-refractivity contribution >= 4 is 16.9 Å². The van der Waals surface area contributed by atoms with Gasteiger partial charge in [0.25, 0.3) is 0 Å². The fraction of sp³-hybridized carbons (Fsp3) is 0.222. The first-order valence-corrected chi connectivity index (χ1v) is 10.8. The van der Waals surface area contributed by atoms with E-state index in [1.807, 2.05) is 36.4 Å². The fourth-order valence-corrected chi connectivity index (χ4v) is 4.04. The predicted molar refractivity (Wildman–Crippen MR) is 129 cm³/mol. The maximum Gasteiger partial charge on any atom is 0.348 e. The normalized spacial score (nSPS) is 11.2. The lowest BCUT2D eigenvalue weighted by molar-refractivity contribution is 0.0696. The second-order valence-electron chi connectivity index (χ2n) is 8.38. The zero-order chi connectivity index (χ0) is 23.7. The number of ether oxygens (including phenoxy) is 1. The van der Waals surface area contributed by atoms with Crippen molar-refractivity contribution < 1.29 is 14.6 Å². The lowest BCUT2D eigenvalue weighted by Gasteiger charge is -2.16. The summed E-state index contributed by atoms with van der Waals surface area (Å²) in [6.07, 6.45) is 0. The van der Waals surface area contributed by atoms with Crippen LogP contribution in [0.15, 0.2) is 65.5 Å². The van der Waals surface area contributed by atoms with E-state index >= 15 is 0 Å². The molecule has 0 aliphatic rings. The van der Waals surface area contributed by atoms with Gasteiger partial charge in [-0.3, -0.25) is 4.57 Å². The zero-order valence-electron chi connectivity index (χ0n) is 19.1. The number of nitrogens with zero attached hydrogens (tertiary/aromatic N) is 2. The standard InChI is InChI=1S/C27H26N2O4/c1-16(2)18-8-10-19(11-9-18)25-23-14-21(33-4)12-13-24(23)29(27(32)28-25)15-20-6-5-7-22(17(20)3)26(30)31/h5-14,16H,15H2,1-4H3,(H,30,31). The summed E-state index contributed by atoms with van der Waals surface area (Å²) in [5, 5.41) is 10.3. The van der Waals surface area contributed by atoms with E-state index in [0.717, 1.165) is 16.5 Å². The third kappa shape index (κ3) is 4.24. The fourth-order valence-electron chi connectivity index (χ4n) is 4.04. The second kappa shape index (κ2) is 8.90. The first-order chi connectivity index (χ1) is 15.8. The van der Waals surface area contributed by atoms with E-state index in [4.69, 9.17) is 4.74 Å². The number of rotatable bonds is 6. The van der Waals surface area contributed by atoms with Gasteiger partial charge in [0, 0.05) is 10.9 Å². The van der Waals surface area contributed by atoms with Gasteiger partial charge in [-0.25, -0.2) is 9.59 Å². The average Bonchev–Trinajstić information content (AvgIpc) is 2.81. The number of carboxylic acids is 1. The smallest absolute Gasteiger partial charge is 0.348 e. The summed E-state index contributed by atoms with van der Waals surface area (Å²) in [6.45, 7) is 6.24. The molecule has 0 aliphatic carbocycles. The van der Waals surface area contributed by atoms with Crippen LogP contribution in [0, 0.1) is 6.92 Å². The van der Waals surface area contributed by atoms with Crippen LogP contribution in [-0.2, 0) is 6.54 Å². The van der Waals surface area contributed by atoms with Crippen molar-refractivity contribution in [3.63, 3.8) is 0 Å². The highest BCUT2D eigenvalue weighted by Gasteiger charge is 2.16. The average molecular weight is 443 g/mol. The largest absolute Gasteiger partial charge is 0.497 e. The molecule has 4 rings (SSSR count). The van der Waals surface area contributed by atoms with Crippen molar-refractivity contribution in [3.8, 4) is 17.0 Å². The van der Waals surface area contributed by atoms with E-state index < -0.39 is 11.7 Å². The highest BCUT2D eigenvalue weighted by Crippen LogP contribution is 2.30. The van der Waals surface area contributed by atoms with Gasteiger partial charge in [-0.15, -0.1) is 0 Å². The molecule has 0 amide bonds. The Morgan fingerprint density at radius 2 is 1.82 bits per heavy atom. The van der Waals surface area contributed by atoms with Crippen molar-refractivity contribution in [2.45, 2.75) is 33.2 Å². The van der Waals surface area contributed by atoms with E-state index in [1.54, 1.807) is 30.7 Å². The molecule has 0 saturated heterocycles. The molecule has 33 heavy (non-hydrogen) atoms. The Morgan fingerprint density at radius 3 is 2.45 bits per heavy atom. The molecule has 0 unspecified atom stereocenters. The quantitative estimate of drug-likeness (QED) is 0.441.